The van der Waals surface area contributed by atoms with Gasteiger partial charge in [0.2, 0.25) is 0 Å². The molecule has 7 nitrogen and oxygen atoms in total. The average molecular weight is 293 g/mol. The van der Waals surface area contributed by atoms with Crippen LogP contribution in [0.1, 0.15) is 26.5 Å². The monoisotopic (exact) mass is 293 g/mol. The van der Waals surface area contributed by atoms with Crippen LogP contribution in [0.5, 0.6) is 0 Å². The number of hydrogen-bond acceptors (Lipinski definition) is 6. The topological polar surface area (TPSA) is 83.3 Å². The van der Waals surface area contributed by atoms with Crippen molar-refractivity contribution in [1.82, 2.24) is 14.8 Å². The number of aromatic nitrogens is 3. The molecule has 110 valence electrons. The van der Waals surface area contributed by atoms with Gasteiger partial charge in [0, 0.05) is 0 Å². The van der Waals surface area contributed by atoms with Crippen molar-refractivity contribution < 1.29 is 23.5 Å². The normalized spacial score (nSPS) is 10.2. The SMILES string of the molecule is COC(=O)c1ncn(Cc2ccc(C(=O)OC)c(F)c2)n1. The number of nitrogens with zero attached hydrogens (tertiary/aromatic N) is 3. The van der Waals surface area contributed by atoms with E-state index in [9.17, 15) is 14.0 Å². The van der Waals surface area contributed by atoms with E-state index in [0.29, 0.717) is 5.56 Å². The highest BCUT2D eigenvalue weighted by atomic mass is 19.1. The lowest BCUT2D eigenvalue weighted by Crippen LogP contribution is -2.08. The van der Waals surface area contributed by atoms with E-state index in [4.69, 9.17) is 0 Å². The van der Waals surface area contributed by atoms with E-state index in [2.05, 4.69) is 19.6 Å². The van der Waals surface area contributed by atoms with Crippen LogP contribution in [0.4, 0.5) is 4.39 Å². The van der Waals surface area contributed by atoms with Crippen LogP contribution in [0.2, 0.25) is 0 Å². The standard InChI is InChI=1S/C13H12FN3O4/c1-20-12(18)9-4-3-8(5-10(9)14)6-17-7-15-11(16-17)13(19)21-2/h3-5,7H,6H2,1-2H3. The van der Waals surface area contributed by atoms with E-state index in [-0.39, 0.29) is 17.9 Å². The zero-order chi connectivity index (χ0) is 15.4. The summed E-state index contributed by atoms with van der Waals surface area (Å²) in [7, 11) is 2.41. The summed E-state index contributed by atoms with van der Waals surface area (Å²) in [6.07, 6.45) is 1.33. The molecule has 0 unspecified atom stereocenters. The number of rotatable bonds is 4. The lowest BCUT2D eigenvalue weighted by molar-refractivity contribution is 0.0581. The quantitative estimate of drug-likeness (QED) is 0.783. The molecule has 0 atom stereocenters. The molecule has 0 fully saturated rings. The Labute approximate surface area is 119 Å². The number of methoxy groups -OCH3 is 2. The van der Waals surface area contributed by atoms with Crippen LogP contribution in [0, 0.1) is 5.82 Å². The summed E-state index contributed by atoms with van der Waals surface area (Å²) in [6.45, 7) is 0.197. The fourth-order valence-electron chi connectivity index (χ4n) is 1.68. The van der Waals surface area contributed by atoms with Crippen LogP contribution >= 0.6 is 0 Å². The van der Waals surface area contributed by atoms with Gasteiger partial charge in [0.15, 0.2) is 0 Å². The molecule has 0 N–H and O–H groups in total. The predicted molar refractivity (Wildman–Crippen MR) is 68.2 cm³/mol. The highest BCUT2D eigenvalue weighted by Gasteiger charge is 2.14. The van der Waals surface area contributed by atoms with Gasteiger partial charge in [-0.25, -0.2) is 23.6 Å². The molecule has 1 aromatic heterocycles. The van der Waals surface area contributed by atoms with Crippen molar-refractivity contribution in [3.63, 3.8) is 0 Å². The van der Waals surface area contributed by atoms with Crippen molar-refractivity contribution in [2.24, 2.45) is 0 Å². The lowest BCUT2D eigenvalue weighted by atomic mass is 10.1. The molecule has 0 saturated heterocycles. The number of carbonyl (C=O) groups excluding carboxylic acids is 2. The van der Waals surface area contributed by atoms with E-state index < -0.39 is 17.8 Å². The van der Waals surface area contributed by atoms with Crippen molar-refractivity contribution in [1.29, 1.82) is 0 Å². The van der Waals surface area contributed by atoms with E-state index in [0.717, 1.165) is 0 Å². The Balaban J connectivity index is 2.17. The summed E-state index contributed by atoms with van der Waals surface area (Å²) in [4.78, 5) is 26.3. The van der Waals surface area contributed by atoms with Gasteiger partial charge in [0.1, 0.15) is 12.1 Å². The Morgan fingerprint density at radius 1 is 1.24 bits per heavy atom. The fourth-order valence-corrected chi connectivity index (χ4v) is 1.68. The number of ether oxygens (including phenoxy) is 2. The molecule has 21 heavy (non-hydrogen) atoms. The minimum absolute atomic E-state index is 0.0795. The van der Waals surface area contributed by atoms with Crippen molar-refractivity contribution in [2.75, 3.05) is 14.2 Å². The first-order valence-electron chi connectivity index (χ1n) is 5.89. The van der Waals surface area contributed by atoms with Gasteiger partial charge >= 0.3 is 11.9 Å². The number of hydrogen-bond donors (Lipinski definition) is 0. The maximum Gasteiger partial charge on any atom is 0.377 e. The zero-order valence-corrected chi connectivity index (χ0v) is 11.4. The highest BCUT2D eigenvalue weighted by Crippen LogP contribution is 2.12. The van der Waals surface area contributed by atoms with E-state index in [1.165, 1.54) is 37.4 Å². The molecule has 0 amide bonds. The van der Waals surface area contributed by atoms with Crippen molar-refractivity contribution in [3.05, 3.63) is 47.3 Å². The summed E-state index contributed by atoms with van der Waals surface area (Å²) in [5, 5.41) is 3.90. The van der Waals surface area contributed by atoms with Gasteiger partial charge in [-0.3, -0.25) is 0 Å². The van der Waals surface area contributed by atoms with Gasteiger partial charge < -0.3 is 9.47 Å². The molecule has 1 aromatic carbocycles. The van der Waals surface area contributed by atoms with Crippen LogP contribution in [0.3, 0.4) is 0 Å². The van der Waals surface area contributed by atoms with Crippen molar-refractivity contribution in [2.45, 2.75) is 6.54 Å². The summed E-state index contributed by atoms with van der Waals surface area (Å²) in [6, 6.07) is 4.09. The average Bonchev–Trinajstić information content (AvgIpc) is 2.94. The third kappa shape index (κ3) is 3.22. The zero-order valence-electron chi connectivity index (χ0n) is 11.4. The first-order chi connectivity index (χ1) is 10.0. The molecule has 0 radical (unpaired) electrons. The van der Waals surface area contributed by atoms with Crippen LogP contribution in [-0.2, 0) is 16.0 Å². The van der Waals surface area contributed by atoms with E-state index >= 15 is 0 Å². The third-order valence-electron chi connectivity index (χ3n) is 2.69. The largest absolute Gasteiger partial charge is 0.465 e. The molecular formula is C13H12FN3O4. The van der Waals surface area contributed by atoms with Crippen LogP contribution in [0.15, 0.2) is 24.5 Å². The van der Waals surface area contributed by atoms with Gasteiger partial charge in [-0.1, -0.05) is 6.07 Å². The second-order valence-electron chi connectivity index (χ2n) is 4.06. The number of halogens is 1. The van der Waals surface area contributed by atoms with Gasteiger partial charge in [0.25, 0.3) is 5.82 Å². The van der Waals surface area contributed by atoms with E-state index in [1.54, 1.807) is 6.07 Å². The predicted octanol–water partition coefficient (Wildman–Crippen LogP) is 1.04. The number of carbonyl (C=O) groups is 2. The lowest BCUT2D eigenvalue weighted by Gasteiger charge is -2.05. The van der Waals surface area contributed by atoms with Crippen LogP contribution in [-0.4, -0.2) is 40.9 Å². The summed E-state index contributed by atoms with van der Waals surface area (Å²) >= 11 is 0. The van der Waals surface area contributed by atoms with Crippen LogP contribution < -0.4 is 0 Å². The number of esters is 2. The summed E-state index contributed by atoms with van der Waals surface area (Å²) in [5.41, 5.74) is 0.413. The smallest absolute Gasteiger partial charge is 0.377 e. The molecule has 0 aliphatic rings. The Morgan fingerprint density at radius 3 is 2.57 bits per heavy atom. The minimum Gasteiger partial charge on any atom is -0.465 e. The summed E-state index contributed by atoms with van der Waals surface area (Å²) in [5.74, 6) is -2.16. The highest BCUT2D eigenvalue weighted by molar-refractivity contribution is 5.89. The Bertz CT molecular complexity index is 684. The number of benzene rings is 1. The van der Waals surface area contributed by atoms with Gasteiger partial charge in [-0.15, -0.1) is 5.10 Å². The third-order valence-corrected chi connectivity index (χ3v) is 2.69. The van der Waals surface area contributed by atoms with Crippen molar-refractivity contribution >= 4 is 11.9 Å². The van der Waals surface area contributed by atoms with Crippen LogP contribution in [0.25, 0.3) is 0 Å². The van der Waals surface area contributed by atoms with Crippen molar-refractivity contribution in [3.8, 4) is 0 Å². The Kier molecular flexibility index (Phi) is 4.27. The van der Waals surface area contributed by atoms with E-state index in [1.807, 2.05) is 0 Å². The first kappa shape index (κ1) is 14.6. The maximum atomic E-state index is 13.8. The second-order valence-corrected chi connectivity index (χ2v) is 4.06. The molecule has 0 bridgehead atoms. The molecule has 1 heterocycles. The first-order valence-corrected chi connectivity index (χ1v) is 5.89. The molecule has 0 aliphatic heterocycles. The maximum absolute atomic E-state index is 13.8. The fraction of sp³-hybridized carbons (Fsp3) is 0.231. The Hall–Kier alpha value is -2.77. The second kappa shape index (κ2) is 6.12. The molecule has 0 spiro atoms. The van der Waals surface area contributed by atoms with Gasteiger partial charge in [-0.2, -0.15) is 0 Å². The molecule has 8 heteroatoms. The molecule has 0 aliphatic carbocycles. The van der Waals surface area contributed by atoms with Gasteiger partial charge in [0.05, 0.1) is 26.3 Å². The molecule has 2 aromatic rings. The Morgan fingerprint density at radius 2 is 1.95 bits per heavy atom. The van der Waals surface area contributed by atoms with Gasteiger partial charge in [-0.05, 0) is 17.7 Å². The molecule has 2 rings (SSSR count). The molecular weight excluding hydrogens is 281 g/mol. The minimum atomic E-state index is -0.743. The molecule has 0 saturated carbocycles. The summed E-state index contributed by atoms with van der Waals surface area (Å²) < 4.78 is 24.1.